The maximum absolute atomic E-state index is 13.1. The fourth-order valence-corrected chi connectivity index (χ4v) is 3.48. The number of fused-ring (bicyclic) bond motifs is 1. The Kier molecular flexibility index (Phi) is 5.89. The summed E-state index contributed by atoms with van der Waals surface area (Å²) in [6.07, 6.45) is 4.40. The van der Waals surface area contributed by atoms with Crippen molar-refractivity contribution in [3.8, 4) is 0 Å². The molecule has 6 nitrogen and oxygen atoms in total. The van der Waals surface area contributed by atoms with Crippen molar-refractivity contribution in [3.05, 3.63) is 111 Å². The van der Waals surface area contributed by atoms with Gasteiger partial charge in [0.15, 0.2) is 5.78 Å². The van der Waals surface area contributed by atoms with Crippen LogP contribution in [0, 0.1) is 12.7 Å². The van der Waals surface area contributed by atoms with Crippen LogP contribution in [-0.4, -0.2) is 21.2 Å². The standard InChI is InChI=1S/C25H20FN3O3/c1-16-2-7-22-20(12-16)25(32)21(24(31)18-8-10-27-11-9-18)14-29(22)15-23(30)28-13-17-3-5-19(26)6-4-17/h2-12,14H,13,15H2,1H3,(H,28,30). The van der Waals surface area contributed by atoms with E-state index in [9.17, 15) is 18.8 Å². The molecule has 2 heterocycles. The smallest absolute Gasteiger partial charge is 0.240 e. The molecule has 4 aromatic rings. The molecule has 0 bridgehead atoms. The SMILES string of the molecule is Cc1ccc2c(c1)c(=O)c(C(=O)c1ccncc1)cn2CC(=O)NCc1ccc(F)cc1. The number of nitrogens with zero attached hydrogens (tertiary/aromatic N) is 2. The van der Waals surface area contributed by atoms with E-state index in [0.717, 1.165) is 11.1 Å². The van der Waals surface area contributed by atoms with Crippen LogP contribution in [0.3, 0.4) is 0 Å². The molecule has 160 valence electrons. The number of hydrogen-bond donors (Lipinski definition) is 1. The lowest BCUT2D eigenvalue weighted by Crippen LogP contribution is -2.29. The first-order chi connectivity index (χ1) is 15.4. The Balaban J connectivity index is 1.67. The van der Waals surface area contributed by atoms with Gasteiger partial charge in [-0.1, -0.05) is 23.8 Å². The average Bonchev–Trinajstić information content (AvgIpc) is 2.80. The predicted molar refractivity (Wildman–Crippen MR) is 119 cm³/mol. The van der Waals surface area contributed by atoms with Crippen LogP contribution in [0.25, 0.3) is 10.9 Å². The number of pyridine rings is 2. The molecule has 0 aliphatic rings. The van der Waals surface area contributed by atoms with Crippen molar-refractivity contribution in [1.29, 1.82) is 0 Å². The largest absolute Gasteiger partial charge is 0.350 e. The summed E-state index contributed by atoms with van der Waals surface area (Å²) in [5.41, 5.74) is 2.14. The molecular formula is C25H20FN3O3. The third-order valence-electron chi connectivity index (χ3n) is 5.14. The van der Waals surface area contributed by atoms with E-state index in [1.54, 1.807) is 41.0 Å². The zero-order valence-corrected chi connectivity index (χ0v) is 17.3. The second kappa shape index (κ2) is 8.93. The maximum atomic E-state index is 13.1. The zero-order valence-electron chi connectivity index (χ0n) is 17.3. The third kappa shape index (κ3) is 4.46. The number of aromatic nitrogens is 2. The third-order valence-corrected chi connectivity index (χ3v) is 5.14. The topological polar surface area (TPSA) is 81.1 Å². The number of ketones is 1. The second-order valence-electron chi connectivity index (χ2n) is 7.49. The molecular weight excluding hydrogens is 409 g/mol. The van der Waals surface area contributed by atoms with Crippen molar-refractivity contribution in [3.63, 3.8) is 0 Å². The molecule has 0 aliphatic carbocycles. The van der Waals surface area contributed by atoms with Gasteiger partial charge in [0.25, 0.3) is 0 Å². The van der Waals surface area contributed by atoms with Crippen molar-refractivity contribution < 1.29 is 14.0 Å². The van der Waals surface area contributed by atoms with E-state index in [4.69, 9.17) is 0 Å². The van der Waals surface area contributed by atoms with Gasteiger partial charge in [-0.25, -0.2) is 4.39 Å². The Morgan fingerprint density at radius 3 is 2.47 bits per heavy atom. The summed E-state index contributed by atoms with van der Waals surface area (Å²) in [6.45, 7) is 2.01. The van der Waals surface area contributed by atoms with Crippen LogP contribution in [0.5, 0.6) is 0 Å². The number of aryl methyl sites for hydroxylation is 1. The Morgan fingerprint density at radius 1 is 1.03 bits per heavy atom. The van der Waals surface area contributed by atoms with E-state index in [1.165, 1.54) is 30.7 Å². The van der Waals surface area contributed by atoms with E-state index in [2.05, 4.69) is 10.3 Å². The summed E-state index contributed by atoms with van der Waals surface area (Å²) in [5.74, 6) is -1.08. The number of halogens is 1. The predicted octanol–water partition coefficient (Wildman–Crippen LogP) is 3.39. The van der Waals surface area contributed by atoms with Crippen LogP contribution in [0.4, 0.5) is 4.39 Å². The van der Waals surface area contributed by atoms with Crippen LogP contribution >= 0.6 is 0 Å². The number of amides is 1. The molecule has 0 saturated carbocycles. The number of rotatable bonds is 6. The molecule has 0 saturated heterocycles. The molecule has 0 atom stereocenters. The van der Waals surface area contributed by atoms with Gasteiger partial charge in [0.2, 0.25) is 11.3 Å². The van der Waals surface area contributed by atoms with Crippen molar-refractivity contribution >= 4 is 22.6 Å². The molecule has 1 N–H and O–H groups in total. The summed E-state index contributed by atoms with van der Waals surface area (Å²) >= 11 is 0. The van der Waals surface area contributed by atoms with Gasteiger partial charge in [0.05, 0.1) is 11.1 Å². The maximum Gasteiger partial charge on any atom is 0.240 e. The molecule has 32 heavy (non-hydrogen) atoms. The minimum Gasteiger partial charge on any atom is -0.350 e. The number of benzene rings is 2. The summed E-state index contributed by atoms with van der Waals surface area (Å²) < 4.78 is 14.7. The minimum absolute atomic E-state index is 0.0133. The summed E-state index contributed by atoms with van der Waals surface area (Å²) in [5, 5.41) is 3.16. The van der Waals surface area contributed by atoms with Gasteiger partial charge >= 0.3 is 0 Å². The quantitative estimate of drug-likeness (QED) is 0.477. The van der Waals surface area contributed by atoms with Gasteiger partial charge in [0.1, 0.15) is 12.4 Å². The van der Waals surface area contributed by atoms with Gasteiger partial charge in [-0.05, 0) is 48.9 Å². The number of carbonyl (C=O) groups is 2. The lowest BCUT2D eigenvalue weighted by atomic mass is 10.0. The summed E-state index contributed by atoms with van der Waals surface area (Å²) in [4.78, 5) is 42.6. The highest BCUT2D eigenvalue weighted by atomic mass is 19.1. The second-order valence-corrected chi connectivity index (χ2v) is 7.49. The fraction of sp³-hybridized carbons (Fsp3) is 0.120. The zero-order chi connectivity index (χ0) is 22.7. The molecule has 0 fully saturated rings. The molecule has 0 unspecified atom stereocenters. The fourth-order valence-electron chi connectivity index (χ4n) is 3.48. The van der Waals surface area contributed by atoms with E-state index in [-0.39, 0.29) is 35.8 Å². The first kappa shape index (κ1) is 21.1. The molecule has 1 amide bonds. The van der Waals surface area contributed by atoms with Gasteiger partial charge < -0.3 is 9.88 Å². The molecule has 0 aliphatic heterocycles. The van der Waals surface area contributed by atoms with E-state index in [0.29, 0.717) is 16.5 Å². The highest BCUT2D eigenvalue weighted by Crippen LogP contribution is 2.16. The van der Waals surface area contributed by atoms with Gasteiger partial charge in [0, 0.05) is 36.1 Å². The van der Waals surface area contributed by atoms with Crippen LogP contribution in [-0.2, 0) is 17.9 Å². The Labute approximate surface area is 183 Å². The Morgan fingerprint density at radius 2 is 1.75 bits per heavy atom. The number of hydrogen-bond acceptors (Lipinski definition) is 4. The molecule has 0 spiro atoms. The number of carbonyl (C=O) groups excluding carboxylic acids is 2. The highest BCUT2D eigenvalue weighted by Gasteiger charge is 2.18. The molecule has 2 aromatic carbocycles. The highest BCUT2D eigenvalue weighted by molar-refractivity contribution is 6.10. The van der Waals surface area contributed by atoms with Crippen molar-refractivity contribution in [2.24, 2.45) is 0 Å². The normalized spacial score (nSPS) is 10.8. The molecule has 0 radical (unpaired) electrons. The van der Waals surface area contributed by atoms with E-state index >= 15 is 0 Å². The van der Waals surface area contributed by atoms with E-state index < -0.39 is 5.78 Å². The van der Waals surface area contributed by atoms with Crippen molar-refractivity contribution in [2.75, 3.05) is 0 Å². The summed E-state index contributed by atoms with van der Waals surface area (Å²) in [6, 6.07) is 14.3. The van der Waals surface area contributed by atoms with Gasteiger partial charge in [-0.2, -0.15) is 0 Å². The average molecular weight is 429 g/mol. The summed E-state index contributed by atoms with van der Waals surface area (Å²) in [7, 11) is 0. The van der Waals surface area contributed by atoms with Crippen LogP contribution in [0.15, 0.2) is 78.0 Å². The Hall–Kier alpha value is -4.13. The van der Waals surface area contributed by atoms with Crippen LogP contribution < -0.4 is 10.7 Å². The molecule has 2 aromatic heterocycles. The minimum atomic E-state index is -0.429. The lowest BCUT2D eigenvalue weighted by Gasteiger charge is -2.14. The van der Waals surface area contributed by atoms with Crippen molar-refractivity contribution in [2.45, 2.75) is 20.0 Å². The van der Waals surface area contributed by atoms with Gasteiger partial charge in [-0.3, -0.25) is 19.4 Å². The van der Waals surface area contributed by atoms with Crippen LogP contribution in [0.2, 0.25) is 0 Å². The first-order valence-corrected chi connectivity index (χ1v) is 10.0. The lowest BCUT2D eigenvalue weighted by molar-refractivity contribution is -0.121. The first-order valence-electron chi connectivity index (χ1n) is 10.0. The van der Waals surface area contributed by atoms with Gasteiger partial charge in [-0.15, -0.1) is 0 Å². The number of nitrogens with one attached hydrogen (secondary N) is 1. The molecule has 7 heteroatoms. The van der Waals surface area contributed by atoms with E-state index in [1.807, 2.05) is 13.0 Å². The monoisotopic (exact) mass is 429 g/mol. The van der Waals surface area contributed by atoms with Crippen LogP contribution in [0.1, 0.15) is 27.0 Å². The van der Waals surface area contributed by atoms with Crippen molar-refractivity contribution in [1.82, 2.24) is 14.9 Å². The molecule has 4 rings (SSSR count). The Bertz CT molecular complexity index is 1360.